The Morgan fingerprint density at radius 3 is 2.75 bits per heavy atom. The molecule has 4 N–H and O–H groups in total. The molecule has 0 spiro atoms. The van der Waals surface area contributed by atoms with Gasteiger partial charge in [-0.25, -0.2) is 0 Å². The summed E-state index contributed by atoms with van der Waals surface area (Å²) in [7, 11) is 0. The molecule has 3 nitrogen and oxygen atoms in total. The molecule has 0 aromatic carbocycles. The van der Waals surface area contributed by atoms with Crippen LogP contribution in [0.4, 0.5) is 0 Å². The molecule has 1 atom stereocenters. The van der Waals surface area contributed by atoms with Crippen molar-refractivity contribution in [3.05, 3.63) is 21.9 Å². The summed E-state index contributed by atoms with van der Waals surface area (Å²) < 4.78 is 0. The fourth-order valence-corrected chi connectivity index (χ4v) is 1.93. The summed E-state index contributed by atoms with van der Waals surface area (Å²) in [6, 6.07) is 1.84. The molecular formula is C8H13NO2S. The highest BCUT2D eigenvalue weighted by atomic mass is 32.1. The van der Waals surface area contributed by atoms with Crippen molar-refractivity contribution in [2.45, 2.75) is 19.1 Å². The second-order valence-electron chi connectivity index (χ2n) is 2.99. The van der Waals surface area contributed by atoms with E-state index in [9.17, 15) is 0 Å². The number of aliphatic hydroxyl groups is 2. The monoisotopic (exact) mass is 187 g/mol. The van der Waals surface area contributed by atoms with Crippen LogP contribution < -0.4 is 5.73 Å². The zero-order valence-corrected chi connectivity index (χ0v) is 7.77. The predicted molar refractivity (Wildman–Crippen MR) is 48.9 cm³/mol. The van der Waals surface area contributed by atoms with Crippen molar-refractivity contribution in [1.29, 1.82) is 0 Å². The first-order valence-electron chi connectivity index (χ1n) is 3.69. The Morgan fingerprint density at radius 2 is 2.25 bits per heavy atom. The van der Waals surface area contributed by atoms with Crippen LogP contribution >= 0.6 is 11.3 Å². The van der Waals surface area contributed by atoms with E-state index in [0.717, 1.165) is 10.4 Å². The van der Waals surface area contributed by atoms with Crippen molar-refractivity contribution in [2.75, 3.05) is 6.61 Å². The van der Waals surface area contributed by atoms with Crippen LogP contribution in [0.2, 0.25) is 0 Å². The van der Waals surface area contributed by atoms with Gasteiger partial charge in [0.2, 0.25) is 0 Å². The number of hydrogen-bond acceptors (Lipinski definition) is 4. The standard InChI is InChI=1S/C8H13NO2S/c1-8(9,5-11)6-2-3-12-7(6)4-10/h2-3,10-11H,4-5,9H2,1H3/t8-/m1/s1. The van der Waals surface area contributed by atoms with Gasteiger partial charge in [0.25, 0.3) is 0 Å². The lowest BCUT2D eigenvalue weighted by Crippen LogP contribution is -2.37. The summed E-state index contributed by atoms with van der Waals surface area (Å²) in [5.74, 6) is 0. The molecule has 0 fully saturated rings. The van der Waals surface area contributed by atoms with E-state index in [0.29, 0.717) is 0 Å². The Balaban J connectivity index is 3.00. The van der Waals surface area contributed by atoms with Crippen molar-refractivity contribution in [3.8, 4) is 0 Å². The zero-order valence-electron chi connectivity index (χ0n) is 6.95. The van der Waals surface area contributed by atoms with E-state index in [1.165, 1.54) is 11.3 Å². The van der Waals surface area contributed by atoms with E-state index in [1.807, 2.05) is 11.4 Å². The Morgan fingerprint density at radius 1 is 1.58 bits per heavy atom. The molecule has 0 aliphatic carbocycles. The zero-order chi connectivity index (χ0) is 9.19. The summed E-state index contributed by atoms with van der Waals surface area (Å²) in [5, 5.41) is 19.8. The van der Waals surface area contributed by atoms with Crippen LogP contribution in [0.1, 0.15) is 17.4 Å². The molecule has 1 rings (SSSR count). The third-order valence-corrected chi connectivity index (χ3v) is 2.74. The van der Waals surface area contributed by atoms with Gasteiger partial charge in [0.15, 0.2) is 0 Å². The molecule has 1 heterocycles. The van der Waals surface area contributed by atoms with E-state index in [1.54, 1.807) is 6.92 Å². The molecule has 0 radical (unpaired) electrons. The fraction of sp³-hybridized carbons (Fsp3) is 0.500. The maximum absolute atomic E-state index is 8.98. The molecule has 0 amide bonds. The Kier molecular flexibility index (Phi) is 2.85. The molecule has 12 heavy (non-hydrogen) atoms. The van der Waals surface area contributed by atoms with E-state index in [-0.39, 0.29) is 13.2 Å². The van der Waals surface area contributed by atoms with Crippen molar-refractivity contribution in [1.82, 2.24) is 0 Å². The molecule has 0 saturated heterocycles. The molecule has 0 aliphatic rings. The summed E-state index contributed by atoms with van der Waals surface area (Å²) in [6.07, 6.45) is 0. The number of thiophene rings is 1. The van der Waals surface area contributed by atoms with E-state index in [2.05, 4.69) is 0 Å². The maximum Gasteiger partial charge on any atom is 0.0777 e. The number of nitrogens with two attached hydrogens (primary N) is 1. The van der Waals surface area contributed by atoms with Gasteiger partial charge in [-0.05, 0) is 23.9 Å². The fourth-order valence-electron chi connectivity index (χ4n) is 1.06. The largest absolute Gasteiger partial charge is 0.394 e. The predicted octanol–water partition coefficient (Wildman–Crippen LogP) is 0.407. The lowest BCUT2D eigenvalue weighted by Gasteiger charge is -2.21. The SMILES string of the molecule is C[C@@](N)(CO)c1ccsc1CO. The molecule has 0 aliphatic heterocycles. The summed E-state index contributed by atoms with van der Waals surface area (Å²) in [5.41, 5.74) is 5.90. The lowest BCUT2D eigenvalue weighted by atomic mass is 9.95. The Hall–Kier alpha value is -0.420. The van der Waals surface area contributed by atoms with Gasteiger partial charge in [-0.3, -0.25) is 0 Å². The number of rotatable bonds is 3. The van der Waals surface area contributed by atoms with Crippen LogP contribution in [-0.4, -0.2) is 16.8 Å². The highest BCUT2D eigenvalue weighted by molar-refractivity contribution is 7.10. The van der Waals surface area contributed by atoms with Crippen LogP contribution in [-0.2, 0) is 12.1 Å². The average Bonchev–Trinajstić information content (AvgIpc) is 2.52. The molecule has 4 heteroatoms. The van der Waals surface area contributed by atoms with Crippen LogP contribution in [0.3, 0.4) is 0 Å². The lowest BCUT2D eigenvalue weighted by molar-refractivity contribution is 0.206. The van der Waals surface area contributed by atoms with Crippen molar-refractivity contribution in [3.63, 3.8) is 0 Å². The highest BCUT2D eigenvalue weighted by Gasteiger charge is 2.23. The van der Waals surface area contributed by atoms with Crippen molar-refractivity contribution < 1.29 is 10.2 Å². The van der Waals surface area contributed by atoms with Crippen molar-refractivity contribution >= 4 is 11.3 Å². The number of aliphatic hydroxyl groups excluding tert-OH is 2. The Bertz CT molecular complexity index is 257. The minimum Gasteiger partial charge on any atom is -0.394 e. The second kappa shape index (κ2) is 3.53. The maximum atomic E-state index is 8.98. The van der Waals surface area contributed by atoms with E-state index >= 15 is 0 Å². The van der Waals surface area contributed by atoms with Crippen LogP contribution in [0.5, 0.6) is 0 Å². The summed E-state index contributed by atoms with van der Waals surface area (Å²) >= 11 is 1.45. The smallest absolute Gasteiger partial charge is 0.0777 e. The molecule has 0 saturated carbocycles. The van der Waals surface area contributed by atoms with Gasteiger partial charge >= 0.3 is 0 Å². The van der Waals surface area contributed by atoms with Gasteiger partial charge in [0, 0.05) is 4.88 Å². The molecule has 1 aromatic rings. The van der Waals surface area contributed by atoms with Gasteiger partial charge in [-0.2, -0.15) is 0 Å². The number of hydrogen-bond donors (Lipinski definition) is 3. The van der Waals surface area contributed by atoms with Crippen LogP contribution in [0.25, 0.3) is 0 Å². The first-order valence-corrected chi connectivity index (χ1v) is 4.57. The molecule has 1 aromatic heterocycles. The quantitative estimate of drug-likeness (QED) is 0.642. The normalized spacial score (nSPS) is 16.0. The van der Waals surface area contributed by atoms with Gasteiger partial charge in [0.1, 0.15) is 0 Å². The second-order valence-corrected chi connectivity index (χ2v) is 3.99. The summed E-state index contributed by atoms with van der Waals surface area (Å²) in [4.78, 5) is 0.828. The topological polar surface area (TPSA) is 66.5 Å². The molecule has 0 bridgehead atoms. The molecule has 68 valence electrons. The summed E-state index contributed by atoms with van der Waals surface area (Å²) in [6.45, 7) is 1.62. The molecular weight excluding hydrogens is 174 g/mol. The van der Waals surface area contributed by atoms with Gasteiger partial charge in [-0.15, -0.1) is 11.3 Å². The van der Waals surface area contributed by atoms with E-state index < -0.39 is 5.54 Å². The Labute approximate surface area is 75.5 Å². The van der Waals surface area contributed by atoms with Crippen LogP contribution in [0, 0.1) is 0 Å². The average molecular weight is 187 g/mol. The van der Waals surface area contributed by atoms with Gasteiger partial charge < -0.3 is 15.9 Å². The third kappa shape index (κ3) is 1.67. The minimum atomic E-state index is -0.738. The van der Waals surface area contributed by atoms with Crippen molar-refractivity contribution in [2.24, 2.45) is 5.73 Å². The van der Waals surface area contributed by atoms with E-state index in [4.69, 9.17) is 15.9 Å². The first-order chi connectivity index (χ1) is 5.61. The van der Waals surface area contributed by atoms with Gasteiger partial charge in [-0.1, -0.05) is 0 Å². The van der Waals surface area contributed by atoms with Gasteiger partial charge in [0.05, 0.1) is 18.8 Å². The third-order valence-electron chi connectivity index (χ3n) is 1.83. The minimum absolute atomic E-state index is 0.0141. The highest BCUT2D eigenvalue weighted by Crippen LogP contribution is 2.25. The molecule has 0 unspecified atom stereocenters. The van der Waals surface area contributed by atoms with Crippen LogP contribution in [0.15, 0.2) is 11.4 Å². The first kappa shape index (κ1) is 9.67.